The Hall–Kier alpha value is -2.53. The fraction of sp³-hybridized carbons (Fsp3) is 0.619. The number of halogens is 3. The van der Waals surface area contributed by atoms with E-state index in [0.29, 0.717) is 13.2 Å². The lowest BCUT2D eigenvalue weighted by molar-refractivity contribution is -0.181. The smallest absolute Gasteiger partial charge is 0.375 e. The van der Waals surface area contributed by atoms with E-state index in [4.69, 9.17) is 4.74 Å². The Labute approximate surface area is 183 Å². The van der Waals surface area contributed by atoms with Crippen LogP contribution in [0.2, 0.25) is 0 Å². The number of ether oxygens (including phenoxy) is 1. The van der Waals surface area contributed by atoms with Gasteiger partial charge in [0.2, 0.25) is 11.9 Å². The van der Waals surface area contributed by atoms with Crippen LogP contribution in [0.4, 0.5) is 13.2 Å². The molecule has 172 valence electrons. The van der Waals surface area contributed by atoms with E-state index in [1.807, 2.05) is 0 Å². The molecule has 0 saturated carbocycles. The van der Waals surface area contributed by atoms with E-state index >= 15 is 0 Å². The number of Topliss-reactive ketones (excluding diaryl/α,β-unsaturated/α-hetero) is 1. The van der Waals surface area contributed by atoms with Crippen LogP contribution in [-0.4, -0.2) is 94.1 Å². The number of aromatic nitrogens is 1. The normalized spacial score (nSPS) is 30.5. The van der Waals surface area contributed by atoms with Crippen molar-refractivity contribution in [1.82, 2.24) is 19.7 Å². The Morgan fingerprint density at radius 1 is 1.31 bits per heavy atom. The minimum Gasteiger partial charge on any atom is -0.375 e. The van der Waals surface area contributed by atoms with Crippen LogP contribution in [0, 0.1) is 6.92 Å². The standard InChI is InChI=1S/C21H24F3N5O3/c1-12-4-13(8-25-7-12)16(30)10-29-17(21(22,23)24)2-3-27-19(31)6-18(26-20(27)29)28-9-15-5-14(28)11-32-15/h4,7-8,14-15,17-18H,2-3,5-6,9-11H2,1H3. The highest BCUT2D eigenvalue weighted by atomic mass is 19.4. The van der Waals surface area contributed by atoms with Gasteiger partial charge < -0.3 is 9.64 Å². The van der Waals surface area contributed by atoms with Gasteiger partial charge in [0.1, 0.15) is 12.2 Å². The summed E-state index contributed by atoms with van der Waals surface area (Å²) < 4.78 is 47.4. The first-order valence-electron chi connectivity index (χ1n) is 10.7. The summed E-state index contributed by atoms with van der Waals surface area (Å²) in [5.41, 5.74) is 0.969. The maximum Gasteiger partial charge on any atom is 0.408 e. The van der Waals surface area contributed by atoms with Crippen molar-refractivity contribution >= 4 is 17.6 Å². The van der Waals surface area contributed by atoms with Crippen molar-refractivity contribution in [3.63, 3.8) is 0 Å². The molecule has 11 heteroatoms. The summed E-state index contributed by atoms with van der Waals surface area (Å²) in [6, 6.07) is -0.176. The van der Waals surface area contributed by atoms with E-state index < -0.39 is 30.7 Å². The number of pyridine rings is 1. The zero-order chi connectivity index (χ0) is 22.6. The number of fused-ring (bicyclic) bond motifs is 3. The van der Waals surface area contributed by atoms with Gasteiger partial charge in [-0.2, -0.15) is 13.2 Å². The second-order valence-corrected chi connectivity index (χ2v) is 8.85. The fourth-order valence-corrected chi connectivity index (χ4v) is 5.09. The maximum absolute atomic E-state index is 13.9. The van der Waals surface area contributed by atoms with E-state index in [9.17, 15) is 22.8 Å². The van der Waals surface area contributed by atoms with Gasteiger partial charge in [0.25, 0.3) is 0 Å². The van der Waals surface area contributed by atoms with Crippen LogP contribution in [-0.2, 0) is 9.53 Å². The number of carbonyl (C=O) groups is 2. The van der Waals surface area contributed by atoms with Gasteiger partial charge in [0, 0.05) is 37.1 Å². The first-order valence-corrected chi connectivity index (χ1v) is 10.7. The summed E-state index contributed by atoms with van der Waals surface area (Å²) in [6.07, 6.45) is -1.46. The lowest BCUT2D eigenvalue weighted by atomic mass is 10.0. The van der Waals surface area contributed by atoms with Crippen molar-refractivity contribution in [3.05, 3.63) is 29.6 Å². The molecule has 4 unspecified atom stereocenters. The second kappa shape index (κ2) is 7.80. The summed E-state index contributed by atoms with van der Waals surface area (Å²) in [6.45, 7) is 2.31. The minimum atomic E-state index is -4.56. The molecule has 8 nitrogen and oxygen atoms in total. The Balaban J connectivity index is 1.47. The average Bonchev–Trinajstić information content (AvgIpc) is 3.37. The SMILES string of the molecule is Cc1cncc(C(=O)CN2C3=NC(N4CC5CC4CO5)CC(=O)N3CCC2C(F)(F)F)c1. The summed E-state index contributed by atoms with van der Waals surface area (Å²) in [5, 5.41) is 0. The average molecular weight is 451 g/mol. The number of ketones is 1. The molecule has 0 spiro atoms. The van der Waals surface area contributed by atoms with Crippen LogP contribution in [0.5, 0.6) is 0 Å². The van der Waals surface area contributed by atoms with Gasteiger partial charge in [-0.25, -0.2) is 4.99 Å². The quantitative estimate of drug-likeness (QED) is 0.648. The molecule has 0 aromatic carbocycles. The Bertz CT molecular complexity index is 968. The number of hydrogen-bond acceptors (Lipinski definition) is 7. The van der Waals surface area contributed by atoms with Gasteiger partial charge in [-0.1, -0.05) is 0 Å². The Morgan fingerprint density at radius 3 is 2.78 bits per heavy atom. The zero-order valence-corrected chi connectivity index (χ0v) is 17.6. The molecule has 2 bridgehead atoms. The monoisotopic (exact) mass is 451 g/mol. The topological polar surface area (TPSA) is 78.3 Å². The van der Waals surface area contributed by atoms with Gasteiger partial charge in [-0.15, -0.1) is 0 Å². The van der Waals surface area contributed by atoms with Gasteiger partial charge in [-0.05, 0) is 31.4 Å². The highest BCUT2D eigenvalue weighted by Gasteiger charge is 2.52. The first-order chi connectivity index (χ1) is 15.2. The summed E-state index contributed by atoms with van der Waals surface area (Å²) in [7, 11) is 0. The number of alkyl halides is 3. The fourth-order valence-electron chi connectivity index (χ4n) is 5.09. The maximum atomic E-state index is 13.9. The third kappa shape index (κ3) is 3.77. The molecule has 1 aromatic heterocycles. The zero-order valence-electron chi connectivity index (χ0n) is 17.6. The van der Waals surface area contributed by atoms with Crippen molar-refractivity contribution in [2.45, 2.75) is 56.7 Å². The molecule has 4 atom stereocenters. The van der Waals surface area contributed by atoms with Crippen LogP contribution in [0.15, 0.2) is 23.5 Å². The van der Waals surface area contributed by atoms with Crippen molar-refractivity contribution in [1.29, 1.82) is 0 Å². The van der Waals surface area contributed by atoms with Crippen LogP contribution in [0.25, 0.3) is 0 Å². The van der Waals surface area contributed by atoms with Crippen molar-refractivity contribution in [2.24, 2.45) is 4.99 Å². The van der Waals surface area contributed by atoms with Crippen LogP contribution in [0.1, 0.15) is 35.2 Å². The van der Waals surface area contributed by atoms with Crippen LogP contribution < -0.4 is 0 Å². The molecule has 5 rings (SSSR count). The van der Waals surface area contributed by atoms with E-state index in [-0.39, 0.29) is 49.0 Å². The van der Waals surface area contributed by atoms with Crippen molar-refractivity contribution in [3.8, 4) is 0 Å². The van der Waals surface area contributed by atoms with Crippen molar-refractivity contribution in [2.75, 3.05) is 26.2 Å². The number of rotatable bonds is 4. The summed E-state index contributed by atoms with van der Waals surface area (Å²) in [4.78, 5) is 38.7. The summed E-state index contributed by atoms with van der Waals surface area (Å²) in [5.74, 6) is -0.820. The van der Waals surface area contributed by atoms with Crippen molar-refractivity contribution < 1.29 is 27.5 Å². The number of aliphatic imine (C=N–C) groups is 1. The molecule has 0 aliphatic carbocycles. The molecule has 1 amide bonds. The van der Waals surface area contributed by atoms with Gasteiger partial charge in [0.15, 0.2) is 5.78 Å². The van der Waals surface area contributed by atoms with E-state index in [0.717, 1.165) is 16.9 Å². The predicted molar refractivity (Wildman–Crippen MR) is 107 cm³/mol. The van der Waals surface area contributed by atoms with E-state index in [1.54, 1.807) is 19.2 Å². The van der Waals surface area contributed by atoms with Crippen LogP contribution in [0.3, 0.4) is 0 Å². The van der Waals surface area contributed by atoms with Crippen LogP contribution >= 0.6 is 0 Å². The molecular weight excluding hydrogens is 427 g/mol. The number of hydrogen-bond donors (Lipinski definition) is 0. The highest BCUT2D eigenvalue weighted by molar-refractivity contribution is 6.04. The molecule has 4 aliphatic heterocycles. The first kappa shape index (κ1) is 21.3. The number of carbonyl (C=O) groups excluding carboxylic acids is 2. The van der Waals surface area contributed by atoms with E-state index in [2.05, 4.69) is 14.9 Å². The lowest BCUT2D eigenvalue weighted by Crippen LogP contribution is -2.64. The third-order valence-corrected chi connectivity index (χ3v) is 6.64. The molecule has 3 saturated heterocycles. The third-order valence-electron chi connectivity index (χ3n) is 6.64. The molecule has 1 aromatic rings. The number of morpholine rings is 1. The molecule has 0 N–H and O–H groups in total. The predicted octanol–water partition coefficient (Wildman–Crippen LogP) is 1.60. The second-order valence-electron chi connectivity index (χ2n) is 8.85. The van der Waals surface area contributed by atoms with Gasteiger partial charge >= 0.3 is 6.18 Å². The highest BCUT2D eigenvalue weighted by Crippen LogP contribution is 2.36. The lowest BCUT2D eigenvalue weighted by Gasteiger charge is -2.47. The molecule has 0 radical (unpaired) electrons. The Kier molecular flexibility index (Phi) is 5.20. The number of likely N-dealkylation sites (tertiary alicyclic amines) is 1. The minimum absolute atomic E-state index is 0.0579. The number of nitrogens with zero attached hydrogens (tertiary/aromatic N) is 5. The molecular formula is C21H24F3N5O3. The molecule has 5 heterocycles. The van der Waals surface area contributed by atoms with Gasteiger partial charge in [-0.3, -0.25) is 24.4 Å². The number of guanidine groups is 1. The Morgan fingerprint density at radius 2 is 2.12 bits per heavy atom. The van der Waals surface area contributed by atoms with E-state index in [1.165, 1.54) is 11.1 Å². The molecule has 3 fully saturated rings. The van der Waals surface area contributed by atoms with Gasteiger partial charge in [0.05, 0.1) is 25.7 Å². The largest absolute Gasteiger partial charge is 0.408 e. The number of amides is 1. The molecule has 4 aliphatic rings. The summed E-state index contributed by atoms with van der Waals surface area (Å²) >= 11 is 0. The number of aryl methyl sites for hydroxylation is 1. The molecule has 32 heavy (non-hydrogen) atoms.